The fourth-order valence-electron chi connectivity index (χ4n) is 2.25. The second-order valence-electron chi connectivity index (χ2n) is 4.77. The Morgan fingerprint density at radius 1 is 1.15 bits per heavy atom. The second kappa shape index (κ2) is 6.53. The van der Waals surface area contributed by atoms with E-state index >= 15 is 0 Å². The molecule has 0 spiro atoms. The Morgan fingerprint density at radius 2 is 1.95 bits per heavy atom. The number of rotatable bonds is 5. The summed E-state index contributed by atoms with van der Waals surface area (Å²) in [7, 11) is 1.66. The van der Waals surface area contributed by atoms with Gasteiger partial charge in [0.2, 0.25) is 0 Å². The van der Waals surface area contributed by atoms with Crippen LogP contribution in [-0.2, 0) is 6.54 Å². The summed E-state index contributed by atoms with van der Waals surface area (Å²) < 4.78 is 18.8. The van der Waals surface area contributed by atoms with Crippen molar-refractivity contribution in [1.29, 1.82) is 0 Å². The summed E-state index contributed by atoms with van der Waals surface area (Å²) in [6.45, 7) is 5.68. The lowest BCUT2D eigenvalue weighted by Gasteiger charge is -2.13. The minimum Gasteiger partial charge on any atom is -0.496 e. The molecule has 2 nitrogen and oxygen atoms in total. The van der Waals surface area contributed by atoms with Crippen LogP contribution in [0.25, 0.3) is 11.1 Å². The Labute approximate surface area is 119 Å². The highest BCUT2D eigenvalue weighted by Crippen LogP contribution is 2.29. The third-order valence-corrected chi connectivity index (χ3v) is 3.36. The van der Waals surface area contributed by atoms with Crippen LogP contribution in [-0.4, -0.2) is 13.7 Å². The van der Waals surface area contributed by atoms with Gasteiger partial charge in [-0.3, -0.25) is 0 Å². The number of halogens is 1. The van der Waals surface area contributed by atoms with E-state index in [1.165, 1.54) is 6.07 Å². The van der Waals surface area contributed by atoms with Crippen LogP contribution in [0.1, 0.15) is 18.1 Å². The van der Waals surface area contributed by atoms with Gasteiger partial charge in [0, 0.05) is 12.1 Å². The SMILES string of the molecule is CCNCc1cc(-c2cc(F)ccc2C)ccc1OC. The maximum atomic E-state index is 13.4. The summed E-state index contributed by atoms with van der Waals surface area (Å²) in [6.07, 6.45) is 0. The van der Waals surface area contributed by atoms with Gasteiger partial charge in [0.15, 0.2) is 0 Å². The lowest BCUT2D eigenvalue weighted by molar-refractivity contribution is 0.408. The molecule has 20 heavy (non-hydrogen) atoms. The zero-order chi connectivity index (χ0) is 14.5. The zero-order valence-electron chi connectivity index (χ0n) is 12.2. The molecule has 0 bridgehead atoms. The van der Waals surface area contributed by atoms with E-state index in [-0.39, 0.29) is 5.82 Å². The van der Waals surface area contributed by atoms with Gasteiger partial charge in [0.1, 0.15) is 11.6 Å². The third kappa shape index (κ3) is 3.17. The second-order valence-corrected chi connectivity index (χ2v) is 4.77. The van der Waals surface area contributed by atoms with E-state index in [1.54, 1.807) is 19.2 Å². The number of hydrogen-bond donors (Lipinski definition) is 1. The van der Waals surface area contributed by atoms with Crippen molar-refractivity contribution >= 4 is 0 Å². The Balaban J connectivity index is 2.44. The van der Waals surface area contributed by atoms with Crippen LogP contribution in [0.15, 0.2) is 36.4 Å². The van der Waals surface area contributed by atoms with Crippen LogP contribution >= 0.6 is 0 Å². The van der Waals surface area contributed by atoms with Crippen molar-refractivity contribution in [1.82, 2.24) is 5.32 Å². The summed E-state index contributed by atoms with van der Waals surface area (Å²) in [5, 5.41) is 3.29. The number of aryl methyl sites for hydroxylation is 1. The summed E-state index contributed by atoms with van der Waals surface area (Å²) in [4.78, 5) is 0. The first-order chi connectivity index (χ1) is 9.65. The van der Waals surface area contributed by atoms with E-state index in [9.17, 15) is 4.39 Å². The Bertz CT molecular complexity index is 596. The predicted molar refractivity (Wildman–Crippen MR) is 80.5 cm³/mol. The summed E-state index contributed by atoms with van der Waals surface area (Å²) in [6, 6.07) is 10.8. The van der Waals surface area contributed by atoms with Crippen LogP contribution < -0.4 is 10.1 Å². The highest BCUT2D eigenvalue weighted by Gasteiger charge is 2.08. The molecule has 0 heterocycles. The topological polar surface area (TPSA) is 21.3 Å². The molecule has 0 aromatic heterocycles. The predicted octanol–water partition coefficient (Wildman–Crippen LogP) is 3.92. The van der Waals surface area contributed by atoms with Crippen molar-refractivity contribution in [3.05, 3.63) is 53.3 Å². The normalized spacial score (nSPS) is 10.6. The molecule has 0 amide bonds. The number of hydrogen-bond acceptors (Lipinski definition) is 2. The lowest BCUT2D eigenvalue weighted by Crippen LogP contribution is -2.12. The van der Waals surface area contributed by atoms with Gasteiger partial charge in [0.25, 0.3) is 0 Å². The standard InChI is InChI=1S/C17H20FNO/c1-4-19-11-14-9-13(6-8-17(14)20-3)16-10-15(18)7-5-12(16)2/h5-10,19H,4,11H2,1-3H3. The monoisotopic (exact) mass is 273 g/mol. The molecule has 0 fully saturated rings. The van der Waals surface area contributed by atoms with Gasteiger partial charge in [-0.15, -0.1) is 0 Å². The van der Waals surface area contributed by atoms with Crippen molar-refractivity contribution in [2.24, 2.45) is 0 Å². The zero-order valence-corrected chi connectivity index (χ0v) is 12.2. The number of ether oxygens (including phenoxy) is 1. The highest BCUT2D eigenvalue weighted by atomic mass is 19.1. The molecule has 2 aromatic rings. The molecule has 0 aliphatic heterocycles. The van der Waals surface area contributed by atoms with E-state index in [0.29, 0.717) is 0 Å². The van der Waals surface area contributed by atoms with Crippen LogP contribution in [0.2, 0.25) is 0 Å². The molecule has 0 aliphatic carbocycles. The van der Waals surface area contributed by atoms with Crippen molar-refractivity contribution in [2.45, 2.75) is 20.4 Å². The van der Waals surface area contributed by atoms with Gasteiger partial charge >= 0.3 is 0 Å². The molecular formula is C17H20FNO. The van der Waals surface area contributed by atoms with Gasteiger partial charge in [-0.1, -0.05) is 19.1 Å². The molecule has 0 radical (unpaired) electrons. The first kappa shape index (κ1) is 14.5. The minimum absolute atomic E-state index is 0.213. The van der Waals surface area contributed by atoms with E-state index in [1.807, 2.05) is 19.1 Å². The summed E-state index contributed by atoms with van der Waals surface area (Å²) >= 11 is 0. The van der Waals surface area contributed by atoms with E-state index in [2.05, 4.69) is 18.3 Å². The van der Waals surface area contributed by atoms with Crippen LogP contribution in [0.3, 0.4) is 0 Å². The molecule has 3 heteroatoms. The molecular weight excluding hydrogens is 253 g/mol. The van der Waals surface area contributed by atoms with Crippen LogP contribution in [0, 0.1) is 12.7 Å². The minimum atomic E-state index is -0.213. The Hall–Kier alpha value is -1.87. The number of nitrogens with one attached hydrogen (secondary N) is 1. The largest absolute Gasteiger partial charge is 0.496 e. The third-order valence-electron chi connectivity index (χ3n) is 3.36. The maximum absolute atomic E-state index is 13.4. The maximum Gasteiger partial charge on any atom is 0.123 e. The molecule has 0 aliphatic rings. The lowest BCUT2D eigenvalue weighted by atomic mass is 9.98. The number of methoxy groups -OCH3 is 1. The highest BCUT2D eigenvalue weighted by molar-refractivity contribution is 5.69. The molecule has 2 rings (SSSR count). The summed E-state index contributed by atoms with van der Waals surface area (Å²) in [5.41, 5.74) is 4.07. The van der Waals surface area contributed by atoms with E-state index in [0.717, 1.165) is 41.1 Å². The molecule has 0 saturated heterocycles. The van der Waals surface area contributed by atoms with E-state index < -0.39 is 0 Å². The van der Waals surface area contributed by atoms with E-state index in [4.69, 9.17) is 4.74 Å². The number of benzene rings is 2. The van der Waals surface area contributed by atoms with Crippen molar-refractivity contribution < 1.29 is 9.13 Å². The van der Waals surface area contributed by atoms with Crippen LogP contribution in [0.5, 0.6) is 5.75 Å². The quantitative estimate of drug-likeness (QED) is 0.891. The molecule has 2 aromatic carbocycles. The molecule has 0 saturated carbocycles. The molecule has 1 N–H and O–H groups in total. The van der Waals surface area contributed by atoms with Gasteiger partial charge in [-0.2, -0.15) is 0 Å². The van der Waals surface area contributed by atoms with Crippen molar-refractivity contribution in [2.75, 3.05) is 13.7 Å². The van der Waals surface area contributed by atoms with Crippen molar-refractivity contribution in [3.63, 3.8) is 0 Å². The first-order valence-electron chi connectivity index (χ1n) is 6.80. The Morgan fingerprint density at radius 3 is 2.65 bits per heavy atom. The Kier molecular flexibility index (Phi) is 4.74. The van der Waals surface area contributed by atoms with Gasteiger partial charge < -0.3 is 10.1 Å². The van der Waals surface area contributed by atoms with Gasteiger partial charge in [0.05, 0.1) is 7.11 Å². The summed E-state index contributed by atoms with van der Waals surface area (Å²) in [5.74, 6) is 0.637. The average Bonchev–Trinajstić information content (AvgIpc) is 2.47. The van der Waals surface area contributed by atoms with Crippen LogP contribution in [0.4, 0.5) is 4.39 Å². The van der Waals surface area contributed by atoms with Gasteiger partial charge in [-0.25, -0.2) is 4.39 Å². The average molecular weight is 273 g/mol. The molecule has 0 atom stereocenters. The molecule has 0 unspecified atom stereocenters. The molecule has 106 valence electrons. The van der Waals surface area contributed by atoms with Crippen molar-refractivity contribution in [3.8, 4) is 16.9 Å². The fourth-order valence-corrected chi connectivity index (χ4v) is 2.25. The first-order valence-corrected chi connectivity index (χ1v) is 6.80. The smallest absolute Gasteiger partial charge is 0.123 e. The fraction of sp³-hybridized carbons (Fsp3) is 0.294. The van der Waals surface area contributed by atoms with Gasteiger partial charge in [-0.05, 0) is 54.4 Å².